The van der Waals surface area contributed by atoms with E-state index in [4.69, 9.17) is 9.78 Å². The van der Waals surface area contributed by atoms with Crippen molar-refractivity contribution in [3.05, 3.63) is 17.5 Å². The smallest absolute Gasteiger partial charge is 0.276 e. The maximum absolute atomic E-state index is 12.2. The summed E-state index contributed by atoms with van der Waals surface area (Å²) in [5.74, 6) is 0.527. The van der Waals surface area contributed by atoms with Crippen molar-refractivity contribution in [2.24, 2.45) is 0 Å². The van der Waals surface area contributed by atoms with Crippen LogP contribution in [-0.2, 0) is 0 Å². The van der Waals surface area contributed by atoms with E-state index in [0.717, 1.165) is 0 Å². The van der Waals surface area contributed by atoms with Gasteiger partial charge in [0.1, 0.15) is 11.3 Å². The van der Waals surface area contributed by atoms with E-state index in [1.807, 2.05) is 13.8 Å². The van der Waals surface area contributed by atoms with Crippen molar-refractivity contribution in [1.82, 2.24) is 15.0 Å². The van der Waals surface area contributed by atoms with Crippen LogP contribution in [0.3, 0.4) is 0 Å². The number of aromatic nitrogens is 1. The fourth-order valence-electron chi connectivity index (χ4n) is 2.17. The molecule has 1 fully saturated rings. The van der Waals surface area contributed by atoms with Gasteiger partial charge in [-0.15, -0.1) is 0 Å². The van der Waals surface area contributed by atoms with Gasteiger partial charge in [0.15, 0.2) is 5.69 Å². The molecule has 1 aliphatic rings. The first-order valence-corrected chi connectivity index (χ1v) is 6.33. The standard InChI is InChI=1S/C13H18N4O2/c1-10-8-11(15-19-10)12(18)16-4-6-17(7-5-16)13(2,3)9-14/h8H,4-7H2,1-3H3. The van der Waals surface area contributed by atoms with Crippen molar-refractivity contribution in [2.75, 3.05) is 26.2 Å². The highest BCUT2D eigenvalue weighted by atomic mass is 16.5. The summed E-state index contributed by atoms with van der Waals surface area (Å²) in [6.07, 6.45) is 0. The first-order chi connectivity index (χ1) is 8.94. The minimum atomic E-state index is -0.486. The lowest BCUT2D eigenvalue weighted by molar-refractivity contribution is 0.0512. The highest BCUT2D eigenvalue weighted by molar-refractivity contribution is 5.92. The number of nitriles is 1. The van der Waals surface area contributed by atoms with E-state index in [9.17, 15) is 4.79 Å². The number of carbonyl (C=O) groups is 1. The molecule has 0 radical (unpaired) electrons. The van der Waals surface area contributed by atoms with Crippen LogP contribution in [0.2, 0.25) is 0 Å². The summed E-state index contributed by atoms with van der Waals surface area (Å²) < 4.78 is 4.92. The van der Waals surface area contributed by atoms with Crippen LogP contribution in [0.1, 0.15) is 30.1 Å². The molecule has 19 heavy (non-hydrogen) atoms. The van der Waals surface area contributed by atoms with Crippen LogP contribution in [0.5, 0.6) is 0 Å². The molecule has 1 aromatic rings. The van der Waals surface area contributed by atoms with Crippen LogP contribution in [0, 0.1) is 18.3 Å². The molecule has 0 unspecified atom stereocenters. The van der Waals surface area contributed by atoms with Gasteiger partial charge in [0.05, 0.1) is 6.07 Å². The average molecular weight is 262 g/mol. The Labute approximate surface area is 112 Å². The molecular formula is C13H18N4O2. The van der Waals surface area contributed by atoms with Crippen molar-refractivity contribution in [3.8, 4) is 6.07 Å². The number of aryl methyl sites for hydroxylation is 1. The van der Waals surface area contributed by atoms with Gasteiger partial charge in [-0.2, -0.15) is 5.26 Å². The second-order valence-corrected chi connectivity index (χ2v) is 5.27. The SMILES string of the molecule is Cc1cc(C(=O)N2CCN(C(C)(C)C#N)CC2)no1. The molecule has 1 aliphatic heterocycles. The molecule has 0 N–H and O–H groups in total. The Balaban J connectivity index is 1.97. The van der Waals surface area contributed by atoms with E-state index in [0.29, 0.717) is 37.6 Å². The van der Waals surface area contributed by atoms with E-state index >= 15 is 0 Å². The molecule has 0 aliphatic carbocycles. The van der Waals surface area contributed by atoms with Gasteiger partial charge in [0.2, 0.25) is 0 Å². The third kappa shape index (κ3) is 2.76. The molecule has 0 spiro atoms. The molecule has 6 heteroatoms. The summed E-state index contributed by atoms with van der Waals surface area (Å²) in [4.78, 5) is 16.0. The number of carbonyl (C=O) groups excluding carboxylic acids is 1. The van der Waals surface area contributed by atoms with Crippen molar-refractivity contribution in [1.29, 1.82) is 5.26 Å². The monoisotopic (exact) mass is 262 g/mol. The zero-order chi connectivity index (χ0) is 14.0. The van der Waals surface area contributed by atoms with Crippen LogP contribution in [0.15, 0.2) is 10.6 Å². The lowest BCUT2D eigenvalue weighted by atomic mass is 10.0. The maximum Gasteiger partial charge on any atom is 0.276 e. The maximum atomic E-state index is 12.2. The molecule has 0 atom stereocenters. The Morgan fingerprint density at radius 3 is 2.53 bits per heavy atom. The zero-order valence-corrected chi connectivity index (χ0v) is 11.5. The predicted molar refractivity (Wildman–Crippen MR) is 68.4 cm³/mol. The molecule has 6 nitrogen and oxygen atoms in total. The first kappa shape index (κ1) is 13.6. The summed E-state index contributed by atoms with van der Waals surface area (Å²) in [6, 6.07) is 3.93. The fraction of sp³-hybridized carbons (Fsp3) is 0.615. The lowest BCUT2D eigenvalue weighted by Gasteiger charge is -2.40. The van der Waals surface area contributed by atoms with E-state index in [-0.39, 0.29) is 5.91 Å². The summed E-state index contributed by atoms with van der Waals surface area (Å²) in [6.45, 7) is 8.16. The summed E-state index contributed by atoms with van der Waals surface area (Å²) in [5.41, 5.74) is -0.134. The largest absolute Gasteiger partial charge is 0.361 e. The molecule has 1 saturated heterocycles. The molecule has 102 valence electrons. The Bertz CT molecular complexity index is 507. The second-order valence-electron chi connectivity index (χ2n) is 5.27. The number of hydrogen-bond donors (Lipinski definition) is 0. The highest BCUT2D eigenvalue weighted by Gasteiger charge is 2.31. The van der Waals surface area contributed by atoms with Crippen molar-refractivity contribution < 1.29 is 9.32 Å². The van der Waals surface area contributed by atoms with Crippen LogP contribution < -0.4 is 0 Å². The molecule has 1 amide bonds. The van der Waals surface area contributed by atoms with Gasteiger partial charge in [-0.25, -0.2) is 0 Å². The second kappa shape index (κ2) is 5.02. The molecular weight excluding hydrogens is 244 g/mol. The van der Waals surface area contributed by atoms with E-state index in [1.165, 1.54) is 0 Å². The topological polar surface area (TPSA) is 73.4 Å². The van der Waals surface area contributed by atoms with Crippen LogP contribution in [0.25, 0.3) is 0 Å². The summed E-state index contributed by atoms with van der Waals surface area (Å²) in [5, 5.41) is 12.9. The van der Waals surface area contributed by atoms with Crippen molar-refractivity contribution in [2.45, 2.75) is 26.3 Å². The predicted octanol–water partition coefficient (Wildman–Crippen LogP) is 1.04. The first-order valence-electron chi connectivity index (χ1n) is 6.33. The fourth-order valence-corrected chi connectivity index (χ4v) is 2.17. The van der Waals surface area contributed by atoms with Crippen LogP contribution in [-0.4, -0.2) is 52.6 Å². The molecule has 2 rings (SSSR count). The minimum absolute atomic E-state index is 0.105. The minimum Gasteiger partial charge on any atom is -0.361 e. The highest BCUT2D eigenvalue weighted by Crippen LogP contribution is 2.17. The number of piperazine rings is 1. The number of hydrogen-bond acceptors (Lipinski definition) is 5. The number of rotatable bonds is 2. The van der Waals surface area contributed by atoms with E-state index in [2.05, 4.69) is 16.1 Å². The van der Waals surface area contributed by atoms with E-state index in [1.54, 1.807) is 17.9 Å². The van der Waals surface area contributed by atoms with E-state index < -0.39 is 5.54 Å². The van der Waals surface area contributed by atoms with Crippen molar-refractivity contribution >= 4 is 5.91 Å². The Kier molecular flexibility index (Phi) is 3.58. The van der Waals surface area contributed by atoms with Gasteiger partial charge in [-0.1, -0.05) is 5.16 Å². The van der Waals surface area contributed by atoms with Crippen molar-refractivity contribution in [3.63, 3.8) is 0 Å². The molecule has 0 saturated carbocycles. The van der Waals surface area contributed by atoms with Gasteiger partial charge in [0, 0.05) is 32.2 Å². The molecule has 0 aromatic carbocycles. The van der Waals surface area contributed by atoms with Crippen LogP contribution in [0.4, 0.5) is 0 Å². The van der Waals surface area contributed by atoms with Gasteiger partial charge in [-0.3, -0.25) is 9.69 Å². The molecule has 1 aromatic heterocycles. The summed E-state index contributed by atoms with van der Waals surface area (Å²) in [7, 11) is 0. The van der Waals surface area contributed by atoms with Gasteiger partial charge in [-0.05, 0) is 20.8 Å². The average Bonchev–Trinajstić information content (AvgIpc) is 2.85. The Hall–Kier alpha value is -1.87. The zero-order valence-electron chi connectivity index (χ0n) is 11.5. The number of nitrogens with zero attached hydrogens (tertiary/aromatic N) is 4. The molecule has 2 heterocycles. The van der Waals surface area contributed by atoms with Gasteiger partial charge in [0.25, 0.3) is 5.91 Å². The van der Waals surface area contributed by atoms with Gasteiger partial charge >= 0.3 is 0 Å². The normalized spacial score (nSPS) is 17.3. The molecule has 0 bridgehead atoms. The Morgan fingerprint density at radius 1 is 1.42 bits per heavy atom. The summed E-state index contributed by atoms with van der Waals surface area (Å²) >= 11 is 0. The Morgan fingerprint density at radius 2 is 2.05 bits per heavy atom. The third-order valence-electron chi connectivity index (χ3n) is 3.48. The van der Waals surface area contributed by atoms with Gasteiger partial charge < -0.3 is 9.42 Å². The third-order valence-corrected chi connectivity index (χ3v) is 3.48. The quantitative estimate of drug-likeness (QED) is 0.796. The van der Waals surface area contributed by atoms with Crippen LogP contribution >= 0.6 is 0 Å². The lowest BCUT2D eigenvalue weighted by Crippen LogP contribution is -2.55. The number of amides is 1.